The number of nitrogens with zero attached hydrogens (tertiary/aromatic N) is 1. The molecule has 1 atom stereocenters. The second kappa shape index (κ2) is 16.3. The van der Waals surface area contributed by atoms with E-state index in [1.807, 2.05) is 48.5 Å². The minimum atomic E-state index is 0.572. The number of nitrogens with one attached hydrogen (secondary N) is 2. The van der Waals surface area contributed by atoms with Crippen LogP contribution in [0.1, 0.15) is 90.9 Å². The fourth-order valence-electron chi connectivity index (χ4n) is 4.08. The Balaban J connectivity index is 1.93. The standard InChI is InChI=1S/C28H43N3O/c1-3-5-7-9-10-13-17-24(16-12-8-6-4-2)23-32-28-22-26(20-21-27(28)31-29)30-25-18-14-11-15-19-25/h11,14-15,18-22,24,29-30H,3-10,12-13,16-17,23H2,1-2H3. The summed E-state index contributed by atoms with van der Waals surface area (Å²) in [7, 11) is 0. The zero-order valence-electron chi connectivity index (χ0n) is 20.2. The normalized spacial score (nSPS) is 11.8. The molecule has 2 aromatic rings. The van der Waals surface area contributed by atoms with E-state index in [9.17, 15) is 0 Å². The van der Waals surface area contributed by atoms with Gasteiger partial charge in [-0.2, -0.15) is 5.11 Å². The topological polar surface area (TPSA) is 57.5 Å². The van der Waals surface area contributed by atoms with Crippen LogP contribution in [0.3, 0.4) is 0 Å². The Kier molecular flexibility index (Phi) is 13.2. The van der Waals surface area contributed by atoms with E-state index in [4.69, 9.17) is 10.3 Å². The molecule has 0 aromatic heterocycles. The number of hydrogen-bond acceptors (Lipinski definition) is 4. The number of ether oxygens (including phenoxy) is 1. The van der Waals surface area contributed by atoms with Crippen LogP contribution in [0.5, 0.6) is 5.75 Å². The molecular formula is C28H43N3O. The maximum atomic E-state index is 7.53. The van der Waals surface area contributed by atoms with E-state index in [0.29, 0.717) is 24.0 Å². The molecule has 2 N–H and O–H groups in total. The third kappa shape index (κ3) is 10.3. The van der Waals surface area contributed by atoms with Gasteiger partial charge < -0.3 is 10.1 Å². The summed E-state index contributed by atoms with van der Waals surface area (Å²) in [5.41, 5.74) is 10.1. The monoisotopic (exact) mass is 437 g/mol. The predicted molar refractivity (Wildman–Crippen MR) is 137 cm³/mol. The Hall–Kier alpha value is -2.36. The van der Waals surface area contributed by atoms with Crippen LogP contribution in [0.15, 0.2) is 53.6 Å². The number of anilines is 2. The Morgan fingerprint density at radius 2 is 1.41 bits per heavy atom. The molecule has 4 nitrogen and oxygen atoms in total. The van der Waals surface area contributed by atoms with Gasteiger partial charge in [-0.15, -0.1) is 0 Å². The zero-order chi connectivity index (χ0) is 22.9. The summed E-state index contributed by atoms with van der Waals surface area (Å²) < 4.78 is 6.27. The summed E-state index contributed by atoms with van der Waals surface area (Å²) in [5.74, 6) is 1.27. The van der Waals surface area contributed by atoms with Gasteiger partial charge in [0, 0.05) is 17.4 Å². The first-order valence-electron chi connectivity index (χ1n) is 12.7. The predicted octanol–water partition coefficient (Wildman–Crippen LogP) is 9.81. The van der Waals surface area contributed by atoms with Crippen LogP contribution < -0.4 is 10.1 Å². The van der Waals surface area contributed by atoms with Gasteiger partial charge in [0.25, 0.3) is 0 Å². The van der Waals surface area contributed by atoms with Crippen molar-refractivity contribution in [3.05, 3.63) is 48.5 Å². The Morgan fingerprint density at radius 1 is 0.781 bits per heavy atom. The van der Waals surface area contributed by atoms with Crippen molar-refractivity contribution in [3.8, 4) is 5.75 Å². The largest absolute Gasteiger partial charge is 0.491 e. The van der Waals surface area contributed by atoms with Crippen LogP contribution in [0.25, 0.3) is 0 Å². The molecule has 32 heavy (non-hydrogen) atoms. The van der Waals surface area contributed by atoms with Crippen molar-refractivity contribution in [2.45, 2.75) is 90.9 Å². The van der Waals surface area contributed by atoms with E-state index in [2.05, 4.69) is 24.3 Å². The fourth-order valence-corrected chi connectivity index (χ4v) is 4.08. The van der Waals surface area contributed by atoms with Crippen molar-refractivity contribution in [3.63, 3.8) is 0 Å². The van der Waals surface area contributed by atoms with Gasteiger partial charge in [-0.1, -0.05) is 96.3 Å². The molecule has 2 rings (SSSR count). The van der Waals surface area contributed by atoms with Crippen LogP contribution in [0.2, 0.25) is 0 Å². The Morgan fingerprint density at radius 3 is 2.06 bits per heavy atom. The third-order valence-electron chi connectivity index (χ3n) is 6.05. The smallest absolute Gasteiger partial charge is 0.148 e. The molecule has 0 bridgehead atoms. The highest BCUT2D eigenvalue weighted by atomic mass is 16.5. The molecule has 2 aromatic carbocycles. The zero-order valence-corrected chi connectivity index (χ0v) is 20.2. The quantitative estimate of drug-likeness (QED) is 0.180. The van der Waals surface area contributed by atoms with E-state index in [1.54, 1.807) is 0 Å². The van der Waals surface area contributed by atoms with Crippen molar-refractivity contribution in [2.24, 2.45) is 11.0 Å². The second-order valence-electron chi connectivity index (χ2n) is 8.87. The molecule has 176 valence electrons. The molecule has 0 aliphatic heterocycles. The lowest BCUT2D eigenvalue weighted by Crippen LogP contribution is -2.13. The van der Waals surface area contributed by atoms with Gasteiger partial charge in [-0.3, -0.25) is 0 Å². The lowest BCUT2D eigenvalue weighted by Gasteiger charge is -2.19. The van der Waals surface area contributed by atoms with E-state index >= 15 is 0 Å². The van der Waals surface area contributed by atoms with Crippen molar-refractivity contribution < 1.29 is 4.74 Å². The molecule has 1 unspecified atom stereocenters. The van der Waals surface area contributed by atoms with Gasteiger partial charge in [-0.25, -0.2) is 5.53 Å². The van der Waals surface area contributed by atoms with Gasteiger partial charge in [0.05, 0.1) is 6.61 Å². The highest BCUT2D eigenvalue weighted by molar-refractivity contribution is 5.66. The molecule has 0 fully saturated rings. The molecule has 4 heteroatoms. The van der Waals surface area contributed by atoms with Crippen LogP contribution in [0, 0.1) is 11.4 Å². The number of unbranched alkanes of at least 4 members (excludes halogenated alkanes) is 8. The lowest BCUT2D eigenvalue weighted by atomic mass is 9.95. The van der Waals surface area contributed by atoms with Gasteiger partial charge >= 0.3 is 0 Å². The number of hydrogen-bond donors (Lipinski definition) is 2. The summed E-state index contributed by atoms with van der Waals surface area (Å²) in [6, 6.07) is 15.9. The van der Waals surface area contributed by atoms with Gasteiger partial charge in [0.2, 0.25) is 0 Å². The second-order valence-corrected chi connectivity index (χ2v) is 8.87. The molecule has 0 saturated carbocycles. The molecule has 0 radical (unpaired) electrons. The highest BCUT2D eigenvalue weighted by Gasteiger charge is 2.12. The van der Waals surface area contributed by atoms with Crippen molar-refractivity contribution >= 4 is 17.1 Å². The Labute approximate surface area is 195 Å². The number of rotatable bonds is 18. The van der Waals surface area contributed by atoms with E-state index < -0.39 is 0 Å². The number of para-hydroxylation sites is 1. The van der Waals surface area contributed by atoms with Gasteiger partial charge in [-0.05, 0) is 43.0 Å². The van der Waals surface area contributed by atoms with E-state index in [0.717, 1.165) is 11.4 Å². The van der Waals surface area contributed by atoms with Crippen molar-refractivity contribution in [1.29, 1.82) is 5.53 Å². The first kappa shape index (κ1) is 25.9. The van der Waals surface area contributed by atoms with Crippen LogP contribution >= 0.6 is 0 Å². The first-order chi connectivity index (χ1) is 15.8. The van der Waals surface area contributed by atoms with Crippen LogP contribution in [-0.2, 0) is 0 Å². The minimum Gasteiger partial charge on any atom is -0.491 e. The highest BCUT2D eigenvalue weighted by Crippen LogP contribution is 2.33. The van der Waals surface area contributed by atoms with Gasteiger partial charge in [0.1, 0.15) is 11.4 Å². The Bertz CT molecular complexity index is 748. The minimum absolute atomic E-state index is 0.572. The molecule has 0 spiro atoms. The summed E-state index contributed by atoms with van der Waals surface area (Å²) in [5, 5.41) is 7.09. The molecule has 0 amide bonds. The summed E-state index contributed by atoms with van der Waals surface area (Å²) in [4.78, 5) is 0. The summed E-state index contributed by atoms with van der Waals surface area (Å²) in [6.45, 7) is 5.24. The summed E-state index contributed by atoms with van der Waals surface area (Å²) in [6.07, 6.45) is 15.6. The van der Waals surface area contributed by atoms with Crippen LogP contribution in [0.4, 0.5) is 17.1 Å². The van der Waals surface area contributed by atoms with Crippen LogP contribution in [-0.4, -0.2) is 6.61 Å². The lowest BCUT2D eigenvalue weighted by molar-refractivity contribution is 0.225. The molecule has 0 heterocycles. The molecule has 0 aliphatic rings. The van der Waals surface area contributed by atoms with E-state index in [1.165, 1.54) is 77.0 Å². The molecule has 0 aliphatic carbocycles. The fraction of sp³-hybridized carbons (Fsp3) is 0.571. The number of benzene rings is 2. The summed E-state index contributed by atoms with van der Waals surface area (Å²) >= 11 is 0. The average Bonchev–Trinajstić information content (AvgIpc) is 2.82. The SMILES string of the molecule is CCCCCCCCC(CCCCCC)COc1cc(Nc2ccccc2)ccc1N=N. The van der Waals surface area contributed by atoms with Crippen molar-refractivity contribution in [1.82, 2.24) is 0 Å². The maximum Gasteiger partial charge on any atom is 0.148 e. The van der Waals surface area contributed by atoms with Crippen molar-refractivity contribution in [2.75, 3.05) is 11.9 Å². The molecular weight excluding hydrogens is 394 g/mol. The van der Waals surface area contributed by atoms with E-state index in [-0.39, 0.29) is 0 Å². The average molecular weight is 438 g/mol. The molecule has 0 saturated heterocycles. The third-order valence-corrected chi connectivity index (χ3v) is 6.05. The first-order valence-corrected chi connectivity index (χ1v) is 12.7. The van der Waals surface area contributed by atoms with Gasteiger partial charge in [0.15, 0.2) is 0 Å². The maximum absolute atomic E-state index is 7.53.